The Hall–Kier alpha value is -1.51. The van der Waals surface area contributed by atoms with Crippen molar-refractivity contribution in [3.05, 3.63) is 24.0 Å². The summed E-state index contributed by atoms with van der Waals surface area (Å²) in [5, 5.41) is 9.28. The second-order valence-corrected chi connectivity index (χ2v) is 2.56. The lowest BCUT2D eigenvalue weighted by Crippen LogP contribution is -1.75. The standard InChI is InChI=1S/C8H8N2O/c1-5-2-6-7(3-8(5)11)10-4-9-6/h2-4,11H,1H3,(H,9,10). The van der Waals surface area contributed by atoms with Gasteiger partial charge >= 0.3 is 0 Å². The monoisotopic (exact) mass is 148 g/mol. The summed E-state index contributed by atoms with van der Waals surface area (Å²) in [6.07, 6.45) is 1.61. The second kappa shape index (κ2) is 1.99. The molecule has 0 saturated carbocycles. The van der Waals surface area contributed by atoms with Gasteiger partial charge in [-0.1, -0.05) is 0 Å². The summed E-state index contributed by atoms with van der Waals surface area (Å²) in [5.74, 6) is 0.296. The minimum atomic E-state index is 0.296. The van der Waals surface area contributed by atoms with E-state index < -0.39 is 0 Å². The van der Waals surface area contributed by atoms with E-state index in [0.29, 0.717) is 5.75 Å². The number of phenols is 1. The highest BCUT2D eigenvalue weighted by molar-refractivity contribution is 5.77. The Balaban J connectivity index is 2.86. The number of imidazole rings is 1. The molecule has 3 nitrogen and oxygen atoms in total. The molecular weight excluding hydrogens is 140 g/mol. The predicted octanol–water partition coefficient (Wildman–Crippen LogP) is 1.58. The smallest absolute Gasteiger partial charge is 0.120 e. The van der Waals surface area contributed by atoms with Gasteiger partial charge in [-0.05, 0) is 18.6 Å². The molecule has 1 aromatic heterocycles. The molecule has 0 spiro atoms. The van der Waals surface area contributed by atoms with E-state index in [1.165, 1.54) is 0 Å². The predicted molar refractivity (Wildman–Crippen MR) is 42.5 cm³/mol. The lowest BCUT2D eigenvalue weighted by Gasteiger charge is -1.95. The van der Waals surface area contributed by atoms with Crippen molar-refractivity contribution in [3.63, 3.8) is 0 Å². The number of nitrogens with one attached hydrogen (secondary N) is 1. The average molecular weight is 148 g/mol. The summed E-state index contributed by atoms with van der Waals surface area (Å²) in [6.45, 7) is 1.86. The van der Waals surface area contributed by atoms with E-state index >= 15 is 0 Å². The molecule has 56 valence electrons. The first-order valence-corrected chi connectivity index (χ1v) is 3.40. The van der Waals surface area contributed by atoms with Crippen molar-refractivity contribution in [1.29, 1.82) is 0 Å². The number of fused-ring (bicyclic) bond motifs is 1. The van der Waals surface area contributed by atoms with Crippen molar-refractivity contribution in [3.8, 4) is 5.75 Å². The Morgan fingerprint density at radius 3 is 3.09 bits per heavy atom. The van der Waals surface area contributed by atoms with E-state index in [4.69, 9.17) is 0 Å². The van der Waals surface area contributed by atoms with Crippen LogP contribution in [0.3, 0.4) is 0 Å². The van der Waals surface area contributed by atoms with E-state index in [-0.39, 0.29) is 0 Å². The van der Waals surface area contributed by atoms with Gasteiger partial charge in [0.2, 0.25) is 0 Å². The fourth-order valence-electron chi connectivity index (χ4n) is 1.08. The van der Waals surface area contributed by atoms with E-state index in [1.54, 1.807) is 12.4 Å². The number of nitrogens with zero attached hydrogens (tertiary/aromatic N) is 1. The highest BCUT2D eigenvalue weighted by atomic mass is 16.3. The molecule has 11 heavy (non-hydrogen) atoms. The zero-order valence-electron chi connectivity index (χ0n) is 6.13. The Bertz CT molecular complexity index is 356. The number of aryl methyl sites for hydroxylation is 1. The molecule has 2 N–H and O–H groups in total. The van der Waals surface area contributed by atoms with Gasteiger partial charge < -0.3 is 10.1 Å². The van der Waals surface area contributed by atoms with Crippen molar-refractivity contribution in [2.75, 3.05) is 0 Å². The number of aromatic hydroxyl groups is 1. The number of benzene rings is 1. The molecule has 2 aromatic rings. The SMILES string of the molecule is Cc1cc2[nH]cnc2cc1O. The summed E-state index contributed by atoms with van der Waals surface area (Å²) in [7, 11) is 0. The van der Waals surface area contributed by atoms with Crippen molar-refractivity contribution in [1.82, 2.24) is 9.97 Å². The van der Waals surface area contributed by atoms with Crippen LogP contribution in [0.25, 0.3) is 11.0 Å². The Morgan fingerprint density at radius 1 is 1.45 bits per heavy atom. The molecule has 1 aromatic carbocycles. The van der Waals surface area contributed by atoms with E-state index in [0.717, 1.165) is 16.6 Å². The third kappa shape index (κ3) is 0.852. The maximum atomic E-state index is 9.28. The van der Waals surface area contributed by atoms with Gasteiger partial charge in [0.15, 0.2) is 0 Å². The van der Waals surface area contributed by atoms with Gasteiger partial charge in [-0.25, -0.2) is 4.98 Å². The van der Waals surface area contributed by atoms with Crippen LogP contribution in [0.1, 0.15) is 5.56 Å². The van der Waals surface area contributed by atoms with Crippen molar-refractivity contribution >= 4 is 11.0 Å². The quantitative estimate of drug-likeness (QED) is 0.595. The average Bonchev–Trinajstić information content (AvgIpc) is 2.36. The number of hydrogen-bond donors (Lipinski definition) is 2. The molecule has 0 radical (unpaired) electrons. The van der Waals surface area contributed by atoms with Crippen LogP contribution in [0.4, 0.5) is 0 Å². The van der Waals surface area contributed by atoms with Crippen LogP contribution in [0.2, 0.25) is 0 Å². The fourth-order valence-corrected chi connectivity index (χ4v) is 1.08. The number of H-pyrrole nitrogens is 1. The summed E-state index contributed by atoms with van der Waals surface area (Å²) in [5.41, 5.74) is 2.62. The number of rotatable bonds is 0. The van der Waals surface area contributed by atoms with Gasteiger partial charge in [-0.3, -0.25) is 0 Å². The summed E-state index contributed by atoms with van der Waals surface area (Å²) in [4.78, 5) is 6.97. The zero-order valence-corrected chi connectivity index (χ0v) is 6.13. The van der Waals surface area contributed by atoms with Crippen LogP contribution >= 0.6 is 0 Å². The zero-order chi connectivity index (χ0) is 7.84. The molecular formula is C8H8N2O. The van der Waals surface area contributed by atoms with Crippen LogP contribution in [0.15, 0.2) is 18.5 Å². The first kappa shape index (κ1) is 6.22. The van der Waals surface area contributed by atoms with Gasteiger partial charge in [0.1, 0.15) is 5.75 Å². The summed E-state index contributed by atoms with van der Waals surface area (Å²) in [6, 6.07) is 3.53. The normalized spacial score (nSPS) is 10.6. The first-order chi connectivity index (χ1) is 5.27. The van der Waals surface area contributed by atoms with Gasteiger partial charge in [0.05, 0.1) is 17.4 Å². The van der Waals surface area contributed by atoms with Gasteiger partial charge in [0.25, 0.3) is 0 Å². The lowest BCUT2D eigenvalue weighted by molar-refractivity contribution is 0.472. The van der Waals surface area contributed by atoms with Gasteiger partial charge in [-0.2, -0.15) is 0 Å². The molecule has 0 saturated heterocycles. The van der Waals surface area contributed by atoms with Gasteiger partial charge in [0, 0.05) is 6.07 Å². The molecule has 0 fully saturated rings. The highest BCUT2D eigenvalue weighted by Crippen LogP contribution is 2.21. The van der Waals surface area contributed by atoms with E-state index in [2.05, 4.69) is 9.97 Å². The van der Waals surface area contributed by atoms with Crippen molar-refractivity contribution in [2.45, 2.75) is 6.92 Å². The maximum Gasteiger partial charge on any atom is 0.120 e. The number of aromatic amines is 1. The summed E-state index contributed by atoms with van der Waals surface area (Å²) >= 11 is 0. The van der Waals surface area contributed by atoms with Crippen LogP contribution < -0.4 is 0 Å². The Labute approximate surface area is 63.7 Å². The third-order valence-electron chi connectivity index (χ3n) is 1.74. The minimum absolute atomic E-state index is 0.296. The molecule has 0 aliphatic rings. The number of phenolic OH excluding ortho intramolecular Hbond substituents is 1. The largest absolute Gasteiger partial charge is 0.508 e. The highest BCUT2D eigenvalue weighted by Gasteiger charge is 1.99. The second-order valence-electron chi connectivity index (χ2n) is 2.56. The van der Waals surface area contributed by atoms with Crippen LogP contribution in [0, 0.1) is 6.92 Å². The topological polar surface area (TPSA) is 48.9 Å². The summed E-state index contributed by atoms with van der Waals surface area (Å²) < 4.78 is 0. The van der Waals surface area contributed by atoms with Crippen molar-refractivity contribution in [2.24, 2.45) is 0 Å². The van der Waals surface area contributed by atoms with Gasteiger partial charge in [-0.15, -0.1) is 0 Å². The molecule has 0 bridgehead atoms. The molecule has 3 heteroatoms. The first-order valence-electron chi connectivity index (χ1n) is 3.40. The Kier molecular flexibility index (Phi) is 1.12. The fraction of sp³-hybridized carbons (Fsp3) is 0.125. The van der Waals surface area contributed by atoms with Crippen LogP contribution in [-0.4, -0.2) is 15.1 Å². The van der Waals surface area contributed by atoms with Crippen molar-refractivity contribution < 1.29 is 5.11 Å². The minimum Gasteiger partial charge on any atom is -0.508 e. The molecule has 1 heterocycles. The van der Waals surface area contributed by atoms with Crippen LogP contribution in [0.5, 0.6) is 5.75 Å². The molecule has 0 atom stereocenters. The molecule has 0 aliphatic carbocycles. The maximum absolute atomic E-state index is 9.28. The van der Waals surface area contributed by atoms with Crippen LogP contribution in [-0.2, 0) is 0 Å². The number of aromatic nitrogens is 2. The molecule has 0 unspecified atom stereocenters. The number of hydrogen-bond acceptors (Lipinski definition) is 2. The molecule has 2 rings (SSSR count). The lowest BCUT2D eigenvalue weighted by atomic mass is 10.2. The van der Waals surface area contributed by atoms with E-state index in [9.17, 15) is 5.11 Å². The molecule has 0 aliphatic heterocycles. The van der Waals surface area contributed by atoms with E-state index in [1.807, 2.05) is 13.0 Å². The molecule has 0 amide bonds. The Morgan fingerprint density at radius 2 is 2.27 bits per heavy atom. The third-order valence-corrected chi connectivity index (χ3v) is 1.74.